The highest BCUT2D eigenvalue weighted by atomic mass is 16.5. The van der Waals surface area contributed by atoms with E-state index in [-0.39, 0.29) is 11.1 Å². The smallest absolute Gasteiger partial charge is 0.0372 e. The van der Waals surface area contributed by atoms with E-state index in [1.807, 2.05) is 6.08 Å². The highest BCUT2D eigenvalue weighted by Gasteiger charge is 2.31. The van der Waals surface area contributed by atoms with E-state index in [2.05, 4.69) is 38.5 Å². The first-order valence-corrected chi connectivity index (χ1v) is 4.26. The summed E-state index contributed by atoms with van der Waals surface area (Å²) in [7, 11) is 0. The van der Waals surface area contributed by atoms with Crippen molar-refractivity contribution in [3.63, 3.8) is 0 Å². The molecule has 3 N–H and O–H groups in total. The van der Waals surface area contributed by atoms with Crippen LogP contribution in [0.5, 0.6) is 0 Å². The standard InChI is InChI=1S/C9H18N2O/c1-8(2)5-7(10-12)6-9(3,4)11-8/h5,10-12H,6H2,1-4H3. The van der Waals surface area contributed by atoms with Crippen LogP contribution in [0.4, 0.5) is 0 Å². The summed E-state index contributed by atoms with van der Waals surface area (Å²) >= 11 is 0. The van der Waals surface area contributed by atoms with Gasteiger partial charge in [0, 0.05) is 23.2 Å². The lowest BCUT2D eigenvalue weighted by Gasteiger charge is -2.40. The maximum absolute atomic E-state index is 8.81. The molecule has 1 aliphatic rings. The third kappa shape index (κ3) is 2.22. The average molecular weight is 170 g/mol. The number of rotatable bonds is 1. The Labute approximate surface area is 73.8 Å². The Morgan fingerprint density at radius 2 is 2.00 bits per heavy atom. The zero-order valence-electron chi connectivity index (χ0n) is 8.23. The lowest BCUT2D eigenvalue weighted by atomic mass is 9.87. The molecule has 0 aromatic heterocycles. The molecule has 0 amide bonds. The van der Waals surface area contributed by atoms with Crippen LogP contribution < -0.4 is 10.8 Å². The normalized spacial score (nSPS) is 26.2. The summed E-state index contributed by atoms with van der Waals surface area (Å²) < 4.78 is 0. The van der Waals surface area contributed by atoms with E-state index in [1.165, 1.54) is 0 Å². The monoisotopic (exact) mass is 170 g/mol. The van der Waals surface area contributed by atoms with Gasteiger partial charge in [0.05, 0.1) is 0 Å². The average Bonchev–Trinajstić information content (AvgIpc) is 1.80. The van der Waals surface area contributed by atoms with Crippen molar-refractivity contribution in [3.8, 4) is 0 Å². The molecule has 0 unspecified atom stereocenters. The minimum absolute atomic E-state index is 0.0450. The maximum Gasteiger partial charge on any atom is 0.0372 e. The molecule has 1 heterocycles. The fraction of sp³-hybridized carbons (Fsp3) is 0.778. The van der Waals surface area contributed by atoms with Crippen molar-refractivity contribution in [3.05, 3.63) is 11.8 Å². The van der Waals surface area contributed by atoms with Gasteiger partial charge in [-0.1, -0.05) is 0 Å². The molecular formula is C9H18N2O. The van der Waals surface area contributed by atoms with E-state index in [4.69, 9.17) is 5.21 Å². The topological polar surface area (TPSA) is 44.3 Å². The Balaban J connectivity index is 2.86. The number of hydrogen-bond donors (Lipinski definition) is 3. The maximum atomic E-state index is 8.81. The molecular weight excluding hydrogens is 152 g/mol. The van der Waals surface area contributed by atoms with E-state index in [9.17, 15) is 0 Å². The van der Waals surface area contributed by atoms with E-state index in [1.54, 1.807) is 0 Å². The summed E-state index contributed by atoms with van der Waals surface area (Å²) in [4.78, 5) is 0. The van der Waals surface area contributed by atoms with Gasteiger partial charge in [0.15, 0.2) is 0 Å². The molecule has 0 saturated carbocycles. The summed E-state index contributed by atoms with van der Waals surface area (Å²) in [5, 5.41) is 12.3. The van der Waals surface area contributed by atoms with Gasteiger partial charge in [-0.3, -0.25) is 10.7 Å². The summed E-state index contributed by atoms with van der Waals surface area (Å²) in [5.41, 5.74) is 3.12. The van der Waals surface area contributed by atoms with Crippen LogP contribution in [-0.2, 0) is 0 Å². The Bertz CT molecular complexity index is 207. The van der Waals surface area contributed by atoms with Gasteiger partial charge in [0.1, 0.15) is 0 Å². The Morgan fingerprint density at radius 1 is 1.42 bits per heavy atom. The quantitative estimate of drug-likeness (QED) is 0.521. The molecule has 3 nitrogen and oxygen atoms in total. The third-order valence-corrected chi connectivity index (χ3v) is 1.97. The minimum Gasteiger partial charge on any atom is -0.303 e. The third-order valence-electron chi connectivity index (χ3n) is 1.97. The van der Waals surface area contributed by atoms with Crippen molar-refractivity contribution in [1.29, 1.82) is 0 Å². The van der Waals surface area contributed by atoms with Gasteiger partial charge in [-0.2, -0.15) is 0 Å². The molecule has 0 aromatic rings. The minimum atomic E-state index is -0.0488. The van der Waals surface area contributed by atoms with Crippen LogP contribution in [0, 0.1) is 0 Å². The van der Waals surface area contributed by atoms with Crippen molar-refractivity contribution in [2.45, 2.75) is 45.2 Å². The lowest BCUT2D eigenvalue weighted by Crippen LogP contribution is -2.55. The fourth-order valence-corrected chi connectivity index (χ4v) is 1.99. The lowest BCUT2D eigenvalue weighted by molar-refractivity contribution is 0.171. The van der Waals surface area contributed by atoms with Crippen molar-refractivity contribution < 1.29 is 5.21 Å². The Hall–Kier alpha value is -0.540. The highest BCUT2D eigenvalue weighted by Crippen LogP contribution is 2.25. The first kappa shape index (κ1) is 9.55. The Morgan fingerprint density at radius 3 is 2.42 bits per heavy atom. The van der Waals surface area contributed by atoms with Crippen LogP contribution in [-0.4, -0.2) is 16.3 Å². The van der Waals surface area contributed by atoms with E-state index >= 15 is 0 Å². The van der Waals surface area contributed by atoms with Crippen LogP contribution in [0.1, 0.15) is 34.1 Å². The van der Waals surface area contributed by atoms with Crippen molar-refractivity contribution in [1.82, 2.24) is 10.8 Å². The molecule has 0 radical (unpaired) electrons. The van der Waals surface area contributed by atoms with Gasteiger partial charge in [0.2, 0.25) is 0 Å². The molecule has 0 saturated heterocycles. The number of hydrogen-bond acceptors (Lipinski definition) is 3. The van der Waals surface area contributed by atoms with Crippen molar-refractivity contribution >= 4 is 0 Å². The first-order chi connectivity index (χ1) is 5.35. The van der Waals surface area contributed by atoms with Crippen molar-refractivity contribution in [2.24, 2.45) is 0 Å². The second-order valence-corrected chi connectivity index (χ2v) is 4.69. The van der Waals surface area contributed by atoms with E-state index in [0.717, 1.165) is 12.1 Å². The molecule has 0 aliphatic carbocycles. The van der Waals surface area contributed by atoms with Crippen LogP contribution >= 0.6 is 0 Å². The zero-order valence-corrected chi connectivity index (χ0v) is 8.23. The number of hydroxylamine groups is 1. The van der Waals surface area contributed by atoms with E-state index < -0.39 is 0 Å². The first-order valence-electron chi connectivity index (χ1n) is 4.26. The molecule has 1 rings (SSSR count). The largest absolute Gasteiger partial charge is 0.303 e. The van der Waals surface area contributed by atoms with Crippen LogP contribution in [0.15, 0.2) is 11.8 Å². The second kappa shape index (κ2) is 2.75. The molecule has 12 heavy (non-hydrogen) atoms. The summed E-state index contributed by atoms with van der Waals surface area (Å²) in [5.74, 6) is 0. The van der Waals surface area contributed by atoms with Gasteiger partial charge in [0.25, 0.3) is 0 Å². The second-order valence-electron chi connectivity index (χ2n) is 4.69. The van der Waals surface area contributed by atoms with Gasteiger partial charge in [-0.05, 0) is 33.8 Å². The summed E-state index contributed by atoms with van der Waals surface area (Å²) in [6.07, 6.45) is 2.84. The molecule has 0 atom stereocenters. The van der Waals surface area contributed by atoms with Gasteiger partial charge in [-0.25, -0.2) is 0 Å². The summed E-state index contributed by atoms with van der Waals surface area (Å²) in [6, 6.07) is 0. The summed E-state index contributed by atoms with van der Waals surface area (Å²) in [6.45, 7) is 8.43. The molecule has 0 fully saturated rings. The molecule has 70 valence electrons. The Kier molecular flexibility index (Phi) is 2.19. The molecule has 1 aliphatic heterocycles. The molecule has 0 spiro atoms. The zero-order chi connectivity index (χ0) is 9.41. The molecule has 3 heteroatoms. The predicted octanol–water partition coefficient (Wildman–Crippen LogP) is 1.40. The molecule has 0 aromatic carbocycles. The number of nitrogens with one attached hydrogen (secondary N) is 2. The SMILES string of the molecule is CC1(C)C=C(NO)CC(C)(C)N1. The fourth-order valence-electron chi connectivity index (χ4n) is 1.99. The van der Waals surface area contributed by atoms with Crippen LogP contribution in [0.3, 0.4) is 0 Å². The van der Waals surface area contributed by atoms with E-state index in [0.29, 0.717) is 0 Å². The van der Waals surface area contributed by atoms with Gasteiger partial charge < -0.3 is 5.32 Å². The van der Waals surface area contributed by atoms with Crippen LogP contribution in [0.2, 0.25) is 0 Å². The van der Waals surface area contributed by atoms with Crippen LogP contribution in [0.25, 0.3) is 0 Å². The van der Waals surface area contributed by atoms with Crippen molar-refractivity contribution in [2.75, 3.05) is 0 Å². The van der Waals surface area contributed by atoms with Gasteiger partial charge in [-0.15, -0.1) is 0 Å². The van der Waals surface area contributed by atoms with Gasteiger partial charge >= 0.3 is 0 Å². The highest BCUT2D eigenvalue weighted by molar-refractivity contribution is 5.18. The molecule has 0 bridgehead atoms. The predicted molar refractivity (Wildman–Crippen MR) is 48.9 cm³/mol.